The van der Waals surface area contributed by atoms with Gasteiger partial charge in [-0.1, -0.05) is 0 Å². The molecule has 0 radical (unpaired) electrons. The molecular formula is C19H21N5OS. The van der Waals surface area contributed by atoms with E-state index in [1.165, 1.54) is 30.6 Å². The highest BCUT2D eigenvalue weighted by atomic mass is 32.1. The van der Waals surface area contributed by atoms with Crippen molar-refractivity contribution in [3.63, 3.8) is 0 Å². The Hall–Kier alpha value is -2.33. The van der Waals surface area contributed by atoms with Gasteiger partial charge < -0.3 is 16.8 Å². The van der Waals surface area contributed by atoms with E-state index >= 15 is 0 Å². The van der Waals surface area contributed by atoms with E-state index < -0.39 is 0 Å². The van der Waals surface area contributed by atoms with Crippen LogP contribution in [0.5, 0.6) is 0 Å². The molecule has 2 aromatic heterocycles. The molecule has 4 aliphatic rings. The topological polar surface area (TPSA) is 118 Å². The average molecular weight is 367 g/mol. The maximum Gasteiger partial charge on any atom is 0.264 e. The van der Waals surface area contributed by atoms with Gasteiger partial charge in [-0.25, -0.2) is 4.98 Å². The molecule has 6 rings (SSSR count). The molecule has 0 aromatic carbocycles. The van der Waals surface area contributed by atoms with Crippen LogP contribution in [-0.4, -0.2) is 16.4 Å². The minimum Gasteiger partial charge on any atom is -0.397 e. The maximum atomic E-state index is 13.1. The molecule has 0 aliphatic heterocycles. The summed E-state index contributed by atoms with van der Waals surface area (Å²) in [6, 6.07) is 3.65. The molecule has 2 aromatic rings. The number of fused-ring (bicyclic) bond motifs is 1. The van der Waals surface area contributed by atoms with Crippen molar-refractivity contribution in [3.05, 3.63) is 16.5 Å². The molecule has 6 nitrogen and oxygen atoms in total. The Kier molecular flexibility index (Phi) is 3.26. The molecule has 4 fully saturated rings. The zero-order valence-electron chi connectivity index (χ0n) is 14.4. The van der Waals surface area contributed by atoms with Crippen LogP contribution in [0, 0.1) is 29.1 Å². The fourth-order valence-corrected chi connectivity index (χ4v) is 6.85. The monoisotopic (exact) mass is 367 g/mol. The summed E-state index contributed by atoms with van der Waals surface area (Å²) >= 11 is 1.26. The fourth-order valence-electron chi connectivity index (χ4n) is 5.87. The highest BCUT2D eigenvalue weighted by Gasteiger charge is 2.51. The summed E-state index contributed by atoms with van der Waals surface area (Å²) in [5.74, 6) is 2.36. The van der Waals surface area contributed by atoms with Crippen molar-refractivity contribution in [3.8, 4) is 6.07 Å². The lowest BCUT2D eigenvalue weighted by atomic mass is 9.53. The second-order valence-corrected chi connectivity index (χ2v) is 9.38. The standard InChI is InChI=1S/C19H21N5OS/c20-8-12-4-13-14(21)15(26-18(13)23-16(12)22)17(25)24-19-5-9-1-10(6-19)3-11(2-9)7-19/h4,9-11H,1-3,5-7,21H2,(H2,22,23)(H,24,25). The normalized spacial score (nSPS) is 31.9. The molecule has 4 bridgehead atoms. The van der Waals surface area contributed by atoms with E-state index in [-0.39, 0.29) is 22.8 Å². The van der Waals surface area contributed by atoms with E-state index in [0.29, 0.717) is 20.8 Å². The van der Waals surface area contributed by atoms with Gasteiger partial charge in [0.25, 0.3) is 5.91 Å². The number of nitrogens with two attached hydrogens (primary N) is 2. The number of aromatic nitrogens is 1. The van der Waals surface area contributed by atoms with Crippen molar-refractivity contribution in [2.24, 2.45) is 17.8 Å². The van der Waals surface area contributed by atoms with Crippen LogP contribution in [0.3, 0.4) is 0 Å². The summed E-state index contributed by atoms with van der Waals surface area (Å²) in [6.07, 6.45) is 7.29. The van der Waals surface area contributed by atoms with Gasteiger partial charge in [0.15, 0.2) is 0 Å². The first-order valence-corrected chi connectivity index (χ1v) is 9.99. The van der Waals surface area contributed by atoms with Crippen molar-refractivity contribution < 1.29 is 4.79 Å². The number of anilines is 2. The molecule has 0 saturated heterocycles. The Balaban J connectivity index is 1.48. The molecule has 2 heterocycles. The predicted molar refractivity (Wildman–Crippen MR) is 102 cm³/mol. The summed E-state index contributed by atoms with van der Waals surface area (Å²) in [6.45, 7) is 0. The number of nitriles is 1. The number of nitrogen functional groups attached to an aromatic ring is 2. The largest absolute Gasteiger partial charge is 0.397 e. The van der Waals surface area contributed by atoms with Crippen molar-refractivity contribution in [2.45, 2.75) is 44.1 Å². The molecule has 26 heavy (non-hydrogen) atoms. The van der Waals surface area contributed by atoms with Crippen LogP contribution in [0.15, 0.2) is 6.07 Å². The van der Waals surface area contributed by atoms with E-state index in [0.717, 1.165) is 37.0 Å². The number of carbonyl (C=O) groups is 1. The van der Waals surface area contributed by atoms with Crippen LogP contribution in [0.2, 0.25) is 0 Å². The third-order valence-corrected chi connectivity index (χ3v) is 7.61. The molecule has 1 amide bonds. The second-order valence-electron chi connectivity index (χ2n) is 8.38. The van der Waals surface area contributed by atoms with E-state index in [4.69, 9.17) is 16.7 Å². The maximum absolute atomic E-state index is 13.1. The lowest BCUT2D eigenvalue weighted by Crippen LogP contribution is -2.59. The third-order valence-electron chi connectivity index (χ3n) is 6.49. The highest BCUT2D eigenvalue weighted by Crippen LogP contribution is 2.55. The quantitative estimate of drug-likeness (QED) is 0.754. The van der Waals surface area contributed by atoms with Crippen LogP contribution >= 0.6 is 11.3 Å². The van der Waals surface area contributed by atoms with Gasteiger partial charge in [0.2, 0.25) is 0 Å². The Morgan fingerprint density at radius 3 is 2.42 bits per heavy atom. The fraction of sp³-hybridized carbons (Fsp3) is 0.526. The predicted octanol–water partition coefficient (Wildman–Crippen LogP) is 3.03. The highest BCUT2D eigenvalue weighted by molar-refractivity contribution is 7.21. The lowest BCUT2D eigenvalue weighted by molar-refractivity contribution is -0.0166. The Morgan fingerprint density at radius 2 is 1.85 bits per heavy atom. The van der Waals surface area contributed by atoms with Gasteiger partial charge in [-0.2, -0.15) is 5.26 Å². The Labute approximate surface area is 155 Å². The van der Waals surface area contributed by atoms with Gasteiger partial charge >= 0.3 is 0 Å². The molecule has 0 unspecified atom stereocenters. The van der Waals surface area contributed by atoms with Crippen molar-refractivity contribution in [1.82, 2.24) is 10.3 Å². The summed E-state index contributed by atoms with van der Waals surface area (Å²) in [7, 11) is 0. The number of nitrogens with one attached hydrogen (secondary N) is 1. The first kappa shape index (κ1) is 15.9. The summed E-state index contributed by atoms with van der Waals surface area (Å²) in [5.41, 5.74) is 12.7. The second kappa shape index (κ2) is 5.34. The minimum atomic E-state index is -0.107. The molecule has 4 aliphatic carbocycles. The van der Waals surface area contributed by atoms with Crippen LogP contribution in [0.4, 0.5) is 11.5 Å². The number of hydrogen-bond acceptors (Lipinski definition) is 6. The molecule has 7 heteroatoms. The van der Waals surface area contributed by atoms with Crippen LogP contribution in [0.25, 0.3) is 10.2 Å². The lowest BCUT2D eigenvalue weighted by Gasteiger charge is -2.56. The zero-order valence-corrected chi connectivity index (χ0v) is 15.2. The van der Waals surface area contributed by atoms with Gasteiger partial charge in [0.05, 0.1) is 11.3 Å². The van der Waals surface area contributed by atoms with Crippen LogP contribution in [0.1, 0.15) is 53.8 Å². The van der Waals surface area contributed by atoms with Gasteiger partial charge in [0, 0.05) is 10.9 Å². The number of carbonyl (C=O) groups excluding carboxylic acids is 1. The Bertz CT molecular complexity index is 937. The molecule has 134 valence electrons. The summed E-state index contributed by atoms with van der Waals surface area (Å²) in [4.78, 5) is 18.4. The van der Waals surface area contributed by atoms with Gasteiger partial charge in [0.1, 0.15) is 21.6 Å². The molecule has 0 atom stereocenters. The number of pyridine rings is 1. The first-order chi connectivity index (χ1) is 12.5. The summed E-state index contributed by atoms with van der Waals surface area (Å²) in [5, 5.41) is 13.1. The number of hydrogen-bond donors (Lipinski definition) is 3. The van der Waals surface area contributed by atoms with Crippen molar-refractivity contribution >= 4 is 39.0 Å². The Morgan fingerprint density at radius 1 is 1.23 bits per heavy atom. The van der Waals surface area contributed by atoms with Crippen molar-refractivity contribution in [2.75, 3.05) is 11.5 Å². The molecule has 0 spiro atoms. The third kappa shape index (κ3) is 2.28. The van der Waals surface area contributed by atoms with E-state index in [9.17, 15) is 4.79 Å². The minimum absolute atomic E-state index is 0.0568. The molecule has 5 N–H and O–H groups in total. The van der Waals surface area contributed by atoms with E-state index in [1.54, 1.807) is 6.07 Å². The number of thiophene rings is 1. The molecule has 4 saturated carbocycles. The SMILES string of the molecule is N#Cc1cc2c(N)c(C(=O)NC34CC5CC(CC(C5)C3)C4)sc2nc1N. The van der Waals surface area contributed by atoms with Gasteiger partial charge in [-0.3, -0.25) is 4.79 Å². The number of nitrogens with zero attached hydrogens (tertiary/aromatic N) is 2. The van der Waals surface area contributed by atoms with Crippen molar-refractivity contribution in [1.29, 1.82) is 5.26 Å². The average Bonchev–Trinajstić information content (AvgIpc) is 2.88. The van der Waals surface area contributed by atoms with E-state index in [2.05, 4.69) is 10.3 Å². The van der Waals surface area contributed by atoms with Crippen LogP contribution in [-0.2, 0) is 0 Å². The van der Waals surface area contributed by atoms with E-state index in [1.807, 2.05) is 6.07 Å². The smallest absolute Gasteiger partial charge is 0.264 e. The van der Waals surface area contributed by atoms with Crippen LogP contribution < -0.4 is 16.8 Å². The molecular weight excluding hydrogens is 346 g/mol. The zero-order chi connectivity index (χ0) is 18.1. The van der Waals surface area contributed by atoms with Gasteiger partial charge in [-0.15, -0.1) is 11.3 Å². The number of rotatable bonds is 2. The number of amides is 1. The first-order valence-electron chi connectivity index (χ1n) is 9.17. The summed E-state index contributed by atoms with van der Waals surface area (Å²) < 4.78 is 0. The van der Waals surface area contributed by atoms with Gasteiger partial charge in [-0.05, 0) is 62.3 Å².